The molecule has 0 aromatic heterocycles. The highest BCUT2D eigenvalue weighted by molar-refractivity contribution is 6.37. The van der Waals surface area contributed by atoms with Crippen LogP contribution in [0.3, 0.4) is 0 Å². The van der Waals surface area contributed by atoms with Crippen molar-refractivity contribution in [3.63, 3.8) is 0 Å². The van der Waals surface area contributed by atoms with Gasteiger partial charge < -0.3 is 10.2 Å². The zero-order chi connectivity index (χ0) is 15.4. The molecule has 6 nitrogen and oxygen atoms in total. The number of nitrogens with zero attached hydrogens (tertiary/aromatic N) is 2. The first-order valence-corrected chi connectivity index (χ1v) is 6.57. The van der Waals surface area contributed by atoms with Crippen molar-refractivity contribution in [3.8, 4) is 0 Å². The standard InChI is InChI=1S/C12H15Cl2N3O3/c1-7-8(13)6-9(14)11(17(19)20)10(7)12(18)15-4-5-16(2)3/h6H,4-5H2,1-3H3,(H,15,18). The van der Waals surface area contributed by atoms with Crippen LogP contribution in [0.5, 0.6) is 0 Å². The molecular formula is C12H15Cl2N3O3. The molecule has 1 N–H and O–H groups in total. The first-order chi connectivity index (χ1) is 9.25. The average Bonchev–Trinajstić information content (AvgIpc) is 2.32. The average molecular weight is 320 g/mol. The van der Waals surface area contributed by atoms with Crippen molar-refractivity contribution in [2.24, 2.45) is 0 Å². The summed E-state index contributed by atoms with van der Waals surface area (Å²) in [6.45, 7) is 2.53. The third-order valence-electron chi connectivity index (χ3n) is 2.70. The second kappa shape index (κ2) is 6.88. The summed E-state index contributed by atoms with van der Waals surface area (Å²) in [7, 11) is 3.71. The first-order valence-electron chi connectivity index (χ1n) is 5.81. The molecule has 1 rings (SSSR count). The number of nitro benzene ring substituents is 1. The van der Waals surface area contributed by atoms with Crippen molar-refractivity contribution < 1.29 is 9.72 Å². The van der Waals surface area contributed by atoms with Gasteiger partial charge in [-0.1, -0.05) is 23.2 Å². The molecule has 0 saturated heterocycles. The molecule has 0 heterocycles. The fourth-order valence-electron chi connectivity index (χ4n) is 1.64. The quantitative estimate of drug-likeness (QED) is 0.668. The minimum atomic E-state index is -0.674. The smallest absolute Gasteiger partial charge is 0.300 e. The van der Waals surface area contributed by atoms with Gasteiger partial charge in [-0.3, -0.25) is 14.9 Å². The Morgan fingerprint density at radius 1 is 1.40 bits per heavy atom. The maximum atomic E-state index is 12.1. The van der Waals surface area contributed by atoms with E-state index in [9.17, 15) is 14.9 Å². The van der Waals surface area contributed by atoms with Gasteiger partial charge in [-0.05, 0) is 32.6 Å². The van der Waals surface area contributed by atoms with Crippen LogP contribution < -0.4 is 5.32 Å². The summed E-state index contributed by atoms with van der Waals surface area (Å²) in [5.74, 6) is -0.555. The predicted molar refractivity (Wildman–Crippen MR) is 78.7 cm³/mol. The highest BCUT2D eigenvalue weighted by Gasteiger charge is 2.28. The molecule has 1 aromatic rings. The van der Waals surface area contributed by atoms with Gasteiger partial charge >= 0.3 is 5.69 Å². The molecule has 20 heavy (non-hydrogen) atoms. The molecule has 0 saturated carbocycles. The fourth-order valence-corrected chi connectivity index (χ4v) is 2.17. The summed E-state index contributed by atoms with van der Waals surface area (Å²) >= 11 is 11.7. The highest BCUT2D eigenvalue weighted by atomic mass is 35.5. The first kappa shape index (κ1) is 16.7. The van der Waals surface area contributed by atoms with Crippen molar-refractivity contribution in [1.29, 1.82) is 0 Å². The van der Waals surface area contributed by atoms with Gasteiger partial charge in [0, 0.05) is 18.1 Å². The summed E-state index contributed by atoms with van der Waals surface area (Å²) < 4.78 is 0. The molecule has 0 spiro atoms. The maximum absolute atomic E-state index is 12.1. The Labute approximate surface area is 126 Å². The van der Waals surface area contributed by atoms with Crippen LogP contribution in [0.25, 0.3) is 0 Å². The Balaban J connectivity index is 3.15. The van der Waals surface area contributed by atoms with Gasteiger partial charge in [0.05, 0.1) is 4.92 Å². The number of hydrogen-bond donors (Lipinski definition) is 1. The van der Waals surface area contributed by atoms with E-state index in [0.29, 0.717) is 18.7 Å². The van der Waals surface area contributed by atoms with Crippen LogP contribution in [-0.2, 0) is 0 Å². The minimum Gasteiger partial charge on any atom is -0.351 e. The van der Waals surface area contributed by atoms with Crippen LogP contribution in [0.2, 0.25) is 10.0 Å². The molecular weight excluding hydrogens is 305 g/mol. The molecule has 0 fully saturated rings. The monoisotopic (exact) mass is 319 g/mol. The molecule has 0 bridgehead atoms. The zero-order valence-electron chi connectivity index (χ0n) is 11.4. The molecule has 8 heteroatoms. The molecule has 0 atom stereocenters. The Morgan fingerprint density at radius 2 is 2.00 bits per heavy atom. The summed E-state index contributed by atoms with van der Waals surface area (Å²) in [5, 5.41) is 13.8. The molecule has 110 valence electrons. The third kappa shape index (κ3) is 3.82. The zero-order valence-corrected chi connectivity index (χ0v) is 12.9. The molecule has 0 aliphatic heterocycles. The molecule has 0 aliphatic carbocycles. The number of amides is 1. The lowest BCUT2D eigenvalue weighted by molar-refractivity contribution is -0.385. The second-order valence-corrected chi connectivity index (χ2v) is 5.32. The van der Waals surface area contributed by atoms with Gasteiger partial charge in [0.25, 0.3) is 5.91 Å². The van der Waals surface area contributed by atoms with Gasteiger partial charge in [0.15, 0.2) is 0 Å². The molecule has 1 aromatic carbocycles. The van der Waals surface area contributed by atoms with Crippen LogP contribution >= 0.6 is 23.2 Å². The summed E-state index contributed by atoms with van der Waals surface area (Å²) in [4.78, 5) is 24.4. The van der Waals surface area contributed by atoms with Crippen molar-refractivity contribution in [2.75, 3.05) is 27.2 Å². The summed E-state index contributed by atoms with van der Waals surface area (Å²) in [6.07, 6.45) is 0. The minimum absolute atomic E-state index is 0.0914. The van der Waals surface area contributed by atoms with Crippen molar-refractivity contribution >= 4 is 34.8 Å². The SMILES string of the molecule is Cc1c(Cl)cc(Cl)c([N+](=O)[O-])c1C(=O)NCCN(C)C. The number of nitrogens with one attached hydrogen (secondary N) is 1. The third-order valence-corrected chi connectivity index (χ3v) is 3.38. The number of nitro groups is 1. The van der Waals surface area contributed by atoms with Crippen molar-refractivity contribution in [3.05, 3.63) is 37.4 Å². The lowest BCUT2D eigenvalue weighted by Crippen LogP contribution is -2.32. The Hall–Kier alpha value is -1.37. The van der Waals surface area contributed by atoms with Crippen LogP contribution in [0.1, 0.15) is 15.9 Å². The van der Waals surface area contributed by atoms with E-state index in [4.69, 9.17) is 23.2 Å². The summed E-state index contributed by atoms with van der Waals surface area (Å²) in [5.41, 5.74) is -0.174. The van der Waals surface area contributed by atoms with E-state index < -0.39 is 16.5 Å². The maximum Gasteiger partial charge on any atom is 0.300 e. The van der Waals surface area contributed by atoms with E-state index in [1.807, 2.05) is 19.0 Å². The van der Waals surface area contributed by atoms with E-state index in [0.717, 1.165) is 0 Å². The number of rotatable bonds is 5. The van der Waals surface area contributed by atoms with E-state index in [-0.39, 0.29) is 15.6 Å². The lowest BCUT2D eigenvalue weighted by atomic mass is 10.1. The molecule has 1 amide bonds. The normalized spacial score (nSPS) is 10.7. The van der Waals surface area contributed by atoms with Crippen LogP contribution in [0.15, 0.2) is 6.07 Å². The predicted octanol–water partition coefficient (Wildman–Crippen LogP) is 2.50. The van der Waals surface area contributed by atoms with Gasteiger partial charge in [0.2, 0.25) is 0 Å². The van der Waals surface area contributed by atoms with Crippen LogP contribution in [0.4, 0.5) is 5.69 Å². The van der Waals surface area contributed by atoms with Crippen LogP contribution in [0, 0.1) is 17.0 Å². The van der Waals surface area contributed by atoms with E-state index in [1.165, 1.54) is 6.07 Å². The largest absolute Gasteiger partial charge is 0.351 e. The van der Waals surface area contributed by atoms with Gasteiger partial charge in [0.1, 0.15) is 10.6 Å². The number of halogens is 2. The van der Waals surface area contributed by atoms with E-state index >= 15 is 0 Å². The molecule has 0 radical (unpaired) electrons. The Morgan fingerprint density at radius 3 is 2.50 bits per heavy atom. The molecule has 0 unspecified atom stereocenters. The Kier molecular flexibility index (Phi) is 5.74. The molecule has 0 aliphatic rings. The van der Waals surface area contributed by atoms with Crippen LogP contribution in [-0.4, -0.2) is 42.9 Å². The van der Waals surface area contributed by atoms with Gasteiger partial charge in [-0.2, -0.15) is 0 Å². The number of hydrogen-bond acceptors (Lipinski definition) is 4. The van der Waals surface area contributed by atoms with E-state index in [1.54, 1.807) is 6.92 Å². The number of carbonyl (C=O) groups excluding carboxylic acids is 1. The fraction of sp³-hybridized carbons (Fsp3) is 0.417. The van der Waals surface area contributed by atoms with Crippen molar-refractivity contribution in [1.82, 2.24) is 10.2 Å². The van der Waals surface area contributed by atoms with Gasteiger partial charge in [-0.15, -0.1) is 0 Å². The van der Waals surface area contributed by atoms with Crippen molar-refractivity contribution in [2.45, 2.75) is 6.92 Å². The highest BCUT2D eigenvalue weighted by Crippen LogP contribution is 2.35. The van der Waals surface area contributed by atoms with E-state index in [2.05, 4.69) is 5.32 Å². The summed E-state index contributed by atoms with van der Waals surface area (Å²) in [6, 6.07) is 1.27. The Bertz CT molecular complexity index is 547. The number of likely N-dealkylation sites (N-methyl/N-ethyl adjacent to an activating group) is 1. The lowest BCUT2D eigenvalue weighted by Gasteiger charge is -2.13. The van der Waals surface area contributed by atoms with Gasteiger partial charge in [-0.25, -0.2) is 0 Å². The second-order valence-electron chi connectivity index (χ2n) is 4.51. The topological polar surface area (TPSA) is 75.5 Å². The number of benzene rings is 1. The number of carbonyl (C=O) groups is 1.